The van der Waals surface area contributed by atoms with Crippen molar-refractivity contribution < 1.29 is 4.79 Å². The lowest BCUT2D eigenvalue weighted by atomic mass is 9.98. The van der Waals surface area contributed by atoms with E-state index in [4.69, 9.17) is 5.73 Å². The number of hydrogen-bond acceptors (Lipinski definition) is 2. The molecule has 1 amide bonds. The molecule has 3 nitrogen and oxygen atoms in total. The van der Waals surface area contributed by atoms with Crippen molar-refractivity contribution in [2.75, 3.05) is 6.54 Å². The Hall–Kier alpha value is -1.06. The molecule has 4 heteroatoms. The van der Waals surface area contributed by atoms with Gasteiger partial charge in [-0.1, -0.05) is 43.2 Å². The van der Waals surface area contributed by atoms with Crippen molar-refractivity contribution >= 4 is 18.3 Å². The molecular weight excluding hydrogens is 260 g/mol. The molecule has 0 aliphatic heterocycles. The summed E-state index contributed by atoms with van der Waals surface area (Å²) in [6, 6.07) is 10.0. The second kappa shape index (κ2) is 7.51. The summed E-state index contributed by atoms with van der Waals surface area (Å²) in [6.07, 6.45) is 3.73. The normalized spacial score (nSPS) is 17.2. The number of amides is 1. The van der Waals surface area contributed by atoms with Crippen LogP contribution in [0.5, 0.6) is 0 Å². The van der Waals surface area contributed by atoms with Crippen LogP contribution in [0.15, 0.2) is 30.3 Å². The molecule has 2 atom stereocenters. The summed E-state index contributed by atoms with van der Waals surface area (Å²) < 4.78 is 0. The highest BCUT2D eigenvalue weighted by Gasteiger charge is 2.26. The first-order valence-electron chi connectivity index (χ1n) is 6.76. The summed E-state index contributed by atoms with van der Waals surface area (Å²) in [4.78, 5) is 12.2. The highest BCUT2D eigenvalue weighted by molar-refractivity contribution is 5.85. The van der Waals surface area contributed by atoms with E-state index >= 15 is 0 Å². The van der Waals surface area contributed by atoms with Gasteiger partial charge < -0.3 is 11.1 Å². The quantitative estimate of drug-likeness (QED) is 0.842. The third kappa shape index (κ3) is 4.84. The molecule has 1 aromatic rings. The van der Waals surface area contributed by atoms with Crippen molar-refractivity contribution in [1.29, 1.82) is 0 Å². The first-order chi connectivity index (χ1) is 8.70. The van der Waals surface area contributed by atoms with Crippen LogP contribution in [-0.4, -0.2) is 18.5 Å². The van der Waals surface area contributed by atoms with E-state index in [-0.39, 0.29) is 30.3 Å². The van der Waals surface area contributed by atoms with Gasteiger partial charge in [-0.05, 0) is 24.8 Å². The minimum absolute atomic E-state index is 0. The molecule has 0 heterocycles. The van der Waals surface area contributed by atoms with Crippen LogP contribution < -0.4 is 11.1 Å². The Bertz CT molecular complexity index is 392. The van der Waals surface area contributed by atoms with Gasteiger partial charge in [-0.25, -0.2) is 0 Å². The van der Waals surface area contributed by atoms with E-state index in [0.717, 1.165) is 17.9 Å². The number of nitrogens with one attached hydrogen (secondary N) is 1. The number of hydrogen-bond donors (Lipinski definition) is 2. The SMILES string of the molecule is CC(CC1CC1)NC(=O)C(CN)c1ccccc1.Cl. The number of benzene rings is 1. The molecule has 0 bridgehead atoms. The van der Waals surface area contributed by atoms with Crippen LogP contribution >= 0.6 is 12.4 Å². The van der Waals surface area contributed by atoms with E-state index in [1.165, 1.54) is 12.8 Å². The molecule has 1 fully saturated rings. The maximum Gasteiger partial charge on any atom is 0.229 e. The zero-order valence-electron chi connectivity index (χ0n) is 11.3. The molecule has 2 unspecified atom stereocenters. The van der Waals surface area contributed by atoms with Gasteiger partial charge in [0.2, 0.25) is 5.91 Å². The van der Waals surface area contributed by atoms with Gasteiger partial charge in [0.05, 0.1) is 5.92 Å². The summed E-state index contributed by atoms with van der Waals surface area (Å²) in [5, 5.41) is 3.08. The highest BCUT2D eigenvalue weighted by Crippen LogP contribution is 2.33. The molecule has 1 aliphatic rings. The van der Waals surface area contributed by atoms with Crippen molar-refractivity contribution in [3.05, 3.63) is 35.9 Å². The predicted octanol–water partition coefficient (Wildman–Crippen LogP) is 2.46. The smallest absolute Gasteiger partial charge is 0.229 e. The molecule has 0 spiro atoms. The second-order valence-corrected chi connectivity index (χ2v) is 5.29. The zero-order chi connectivity index (χ0) is 13.0. The fourth-order valence-corrected chi connectivity index (χ4v) is 2.34. The zero-order valence-corrected chi connectivity index (χ0v) is 12.2. The molecule has 1 aromatic carbocycles. The van der Waals surface area contributed by atoms with Crippen molar-refractivity contribution in [2.24, 2.45) is 11.7 Å². The topological polar surface area (TPSA) is 55.1 Å². The molecule has 19 heavy (non-hydrogen) atoms. The predicted molar refractivity (Wildman–Crippen MR) is 80.4 cm³/mol. The summed E-state index contributed by atoms with van der Waals surface area (Å²) in [5.74, 6) is 0.651. The third-order valence-electron chi connectivity index (χ3n) is 3.53. The average Bonchev–Trinajstić information content (AvgIpc) is 3.15. The summed E-state index contributed by atoms with van der Waals surface area (Å²) >= 11 is 0. The van der Waals surface area contributed by atoms with Crippen molar-refractivity contribution in [1.82, 2.24) is 5.32 Å². The number of carbonyl (C=O) groups is 1. The molecule has 1 saturated carbocycles. The number of nitrogens with two attached hydrogens (primary N) is 1. The molecule has 3 N–H and O–H groups in total. The number of halogens is 1. The maximum absolute atomic E-state index is 12.2. The number of rotatable bonds is 6. The minimum atomic E-state index is -0.229. The second-order valence-electron chi connectivity index (χ2n) is 5.29. The van der Waals surface area contributed by atoms with E-state index < -0.39 is 0 Å². The summed E-state index contributed by atoms with van der Waals surface area (Å²) in [7, 11) is 0. The Kier molecular flexibility index (Phi) is 6.32. The van der Waals surface area contributed by atoms with Gasteiger partial charge >= 0.3 is 0 Å². The Morgan fingerprint density at radius 2 is 2.00 bits per heavy atom. The monoisotopic (exact) mass is 282 g/mol. The van der Waals surface area contributed by atoms with Gasteiger partial charge in [0.1, 0.15) is 0 Å². The van der Waals surface area contributed by atoms with E-state index in [9.17, 15) is 4.79 Å². The van der Waals surface area contributed by atoms with Crippen LogP contribution in [0.4, 0.5) is 0 Å². The van der Waals surface area contributed by atoms with Crippen molar-refractivity contribution in [3.8, 4) is 0 Å². The van der Waals surface area contributed by atoms with Gasteiger partial charge in [0.15, 0.2) is 0 Å². The van der Waals surface area contributed by atoms with E-state index in [2.05, 4.69) is 12.2 Å². The molecule has 106 valence electrons. The minimum Gasteiger partial charge on any atom is -0.353 e. The molecule has 0 aromatic heterocycles. The molecular formula is C15H23ClN2O. The lowest BCUT2D eigenvalue weighted by Crippen LogP contribution is -2.39. The van der Waals surface area contributed by atoms with Gasteiger partial charge in [-0.3, -0.25) is 4.79 Å². The molecule has 0 radical (unpaired) electrons. The standard InChI is InChI=1S/C15H22N2O.ClH/c1-11(9-12-7-8-12)17-15(18)14(10-16)13-5-3-2-4-6-13;/h2-6,11-12,14H,7-10,16H2,1H3,(H,17,18);1H. The van der Waals surface area contributed by atoms with Gasteiger partial charge in [0.25, 0.3) is 0 Å². The summed E-state index contributed by atoms with van der Waals surface area (Å²) in [6.45, 7) is 2.43. The highest BCUT2D eigenvalue weighted by atomic mass is 35.5. The van der Waals surface area contributed by atoms with Crippen LogP contribution in [0.1, 0.15) is 37.7 Å². The van der Waals surface area contributed by atoms with E-state index in [1.54, 1.807) is 0 Å². The lowest BCUT2D eigenvalue weighted by molar-refractivity contribution is -0.123. The molecule has 2 rings (SSSR count). The van der Waals surface area contributed by atoms with Gasteiger partial charge in [-0.15, -0.1) is 12.4 Å². The van der Waals surface area contributed by atoms with Crippen molar-refractivity contribution in [3.63, 3.8) is 0 Å². The van der Waals surface area contributed by atoms with E-state index in [1.807, 2.05) is 30.3 Å². The van der Waals surface area contributed by atoms with Crippen molar-refractivity contribution in [2.45, 2.75) is 38.1 Å². The van der Waals surface area contributed by atoms with Crippen LogP contribution in [0.25, 0.3) is 0 Å². The van der Waals surface area contributed by atoms with Crippen LogP contribution in [0.3, 0.4) is 0 Å². The Labute approximate surface area is 121 Å². The average molecular weight is 283 g/mol. The Balaban J connectivity index is 0.00000180. The van der Waals surface area contributed by atoms with Crippen LogP contribution in [0.2, 0.25) is 0 Å². The Morgan fingerprint density at radius 1 is 1.37 bits per heavy atom. The maximum atomic E-state index is 12.2. The molecule has 0 saturated heterocycles. The van der Waals surface area contributed by atoms with Gasteiger partial charge in [0, 0.05) is 12.6 Å². The van der Waals surface area contributed by atoms with Gasteiger partial charge in [-0.2, -0.15) is 0 Å². The molecule has 1 aliphatic carbocycles. The van der Waals surface area contributed by atoms with Crippen LogP contribution in [-0.2, 0) is 4.79 Å². The lowest BCUT2D eigenvalue weighted by Gasteiger charge is -2.19. The summed E-state index contributed by atoms with van der Waals surface area (Å²) in [5.41, 5.74) is 6.73. The van der Waals surface area contributed by atoms with Crippen LogP contribution in [0, 0.1) is 5.92 Å². The van der Waals surface area contributed by atoms with E-state index in [0.29, 0.717) is 6.54 Å². The third-order valence-corrected chi connectivity index (χ3v) is 3.53. The number of carbonyl (C=O) groups excluding carboxylic acids is 1. The fraction of sp³-hybridized carbons (Fsp3) is 0.533. The largest absolute Gasteiger partial charge is 0.353 e. The first kappa shape index (κ1) is 16.0. The fourth-order valence-electron chi connectivity index (χ4n) is 2.34. The first-order valence-corrected chi connectivity index (χ1v) is 6.76. The Morgan fingerprint density at radius 3 is 2.53 bits per heavy atom.